The van der Waals surface area contributed by atoms with E-state index in [-0.39, 0.29) is 0 Å². The quantitative estimate of drug-likeness (QED) is 0.552. The Labute approximate surface area is 111 Å². The standard InChI is InChI=1S/C13H19N3OS/c1-13(17,9-14)7-4-8-18-12-15-10-5-2-3-6-11(10)16-12/h2-3,5-6,17H,4,7-9,14H2,1H3,(H,15,16). The smallest absolute Gasteiger partial charge is 0.166 e. The first-order valence-corrected chi connectivity index (χ1v) is 7.09. The summed E-state index contributed by atoms with van der Waals surface area (Å²) in [5.74, 6) is 0.927. The molecule has 0 aliphatic heterocycles. The number of nitrogens with zero attached hydrogens (tertiary/aromatic N) is 1. The van der Waals surface area contributed by atoms with Crippen LogP contribution < -0.4 is 5.73 Å². The Morgan fingerprint density at radius 1 is 1.44 bits per heavy atom. The minimum absolute atomic E-state index is 0.308. The minimum atomic E-state index is -0.742. The first-order valence-electron chi connectivity index (χ1n) is 6.11. The predicted octanol–water partition coefficient (Wildman–Crippen LogP) is 2.14. The van der Waals surface area contributed by atoms with Gasteiger partial charge in [-0.3, -0.25) is 0 Å². The summed E-state index contributed by atoms with van der Waals surface area (Å²) in [7, 11) is 0. The summed E-state index contributed by atoms with van der Waals surface area (Å²) in [5, 5.41) is 10.7. The maximum Gasteiger partial charge on any atom is 0.166 e. The monoisotopic (exact) mass is 265 g/mol. The number of rotatable bonds is 6. The molecule has 0 amide bonds. The topological polar surface area (TPSA) is 74.9 Å². The van der Waals surface area contributed by atoms with E-state index in [4.69, 9.17) is 5.73 Å². The maximum atomic E-state index is 9.78. The Bertz CT molecular complexity index is 477. The summed E-state index contributed by atoms with van der Waals surface area (Å²) >= 11 is 1.68. The zero-order chi connectivity index (χ0) is 13.0. The second-order valence-electron chi connectivity index (χ2n) is 4.71. The van der Waals surface area contributed by atoms with Gasteiger partial charge in [-0.05, 0) is 31.9 Å². The highest BCUT2D eigenvalue weighted by Crippen LogP contribution is 2.21. The molecule has 1 aromatic heterocycles. The van der Waals surface area contributed by atoms with Crippen molar-refractivity contribution in [2.24, 2.45) is 5.73 Å². The first kappa shape index (κ1) is 13.4. The second kappa shape index (κ2) is 5.73. The molecule has 0 bridgehead atoms. The molecule has 18 heavy (non-hydrogen) atoms. The molecule has 5 heteroatoms. The Morgan fingerprint density at radius 3 is 2.94 bits per heavy atom. The van der Waals surface area contributed by atoms with Crippen molar-refractivity contribution in [3.05, 3.63) is 24.3 Å². The molecular weight excluding hydrogens is 246 g/mol. The van der Waals surface area contributed by atoms with Gasteiger partial charge in [0.1, 0.15) is 0 Å². The maximum absolute atomic E-state index is 9.78. The van der Waals surface area contributed by atoms with Gasteiger partial charge in [0.05, 0.1) is 16.6 Å². The van der Waals surface area contributed by atoms with E-state index in [0.29, 0.717) is 6.54 Å². The van der Waals surface area contributed by atoms with Gasteiger partial charge in [-0.1, -0.05) is 23.9 Å². The highest BCUT2D eigenvalue weighted by atomic mass is 32.2. The number of imidazole rings is 1. The molecule has 0 spiro atoms. The summed E-state index contributed by atoms with van der Waals surface area (Å²) < 4.78 is 0. The molecule has 0 radical (unpaired) electrons. The third kappa shape index (κ3) is 3.48. The Hall–Kier alpha value is -1.04. The van der Waals surface area contributed by atoms with Crippen molar-refractivity contribution in [2.75, 3.05) is 12.3 Å². The lowest BCUT2D eigenvalue weighted by Crippen LogP contribution is -2.34. The summed E-state index contributed by atoms with van der Waals surface area (Å²) in [6.45, 7) is 2.08. The largest absolute Gasteiger partial charge is 0.389 e. The first-order chi connectivity index (χ1) is 8.61. The number of nitrogens with one attached hydrogen (secondary N) is 1. The van der Waals surface area contributed by atoms with E-state index in [0.717, 1.165) is 34.8 Å². The van der Waals surface area contributed by atoms with Crippen molar-refractivity contribution < 1.29 is 5.11 Å². The molecule has 0 fully saturated rings. The van der Waals surface area contributed by atoms with E-state index >= 15 is 0 Å². The van der Waals surface area contributed by atoms with Gasteiger partial charge in [-0.25, -0.2) is 4.98 Å². The third-order valence-electron chi connectivity index (χ3n) is 2.91. The average Bonchev–Trinajstić information content (AvgIpc) is 2.77. The van der Waals surface area contributed by atoms with E-state index < -0.39 is 5.60 Å². The number of thioether (sulfide) groups is 1. The Kier molecular flexibility index (Phi) is 4.27. The molecule has 4 N–H and O–H groups in total. The number of aromatic amines is 1. The number of H-pyrrole nitrogens is 1. The SMILES string of the molecule is CC(O)(CN)CCCSc1nc2ccccc2[nH]1. The van der Waals surface area contributed by atoms with E-state index in [2.05, 4.69) is 9.97 Å². The minimum Gasteiger partial charge on any atom is -0.389 e. The molecule has 98 valence electrons. The van der Waals surface area contributed by atoms with E-state index in [1.807, 2.05) is 24.3 Å². The molecule has 2 aromatic rings. The summed E-state index contributed by atoms with van der Waals surface area (Å²) in [6.07, 6.45) is 1.64. The average molecular weight is 265 g/mol. The molecule has 0 saturated heterocycles. The van der Waals surface area contributed by atoms with Crippen LogP contribution in [0.4, 0.5) is 0 Å². The van der Waals surface area contributed by atoms with E-state index in [1.54, 1.807) is 18.7 Å². The fraction of sp³-hybridized carbons (Fsp3) is 0.462. The van der Waals surface area contributed by atoms with Crippen LogP contribution in [0.15, 0.2) is 29.4 Å². The van der Waals surface area contributed by atoms with E-state index in [1.165, 1.54) is 0 Å². The molecule has 0 saturated carbocycles. The van der Waals surface area contributed by atoms with Crippen molar-refractivity contribution in [1.29, 1.82) is 0 Å². The van der Waals surface area contributed by atoms with Crippen LogP contribution in [0.3, 0.4) is 0 Å². The van der Waals surface area contributed by atoms with Gasteiger partial charge in [0.15, 0.2) is 5.16 Å². The van der Waals surface area contributed by atoms with Crippen molar-refractivity contribution >= 4 is 22.8 Å². The van der Waals surface area contributed by atoms with Gasteiger partial charge in [-0.2, -0.15) is 0 Å². The summed E-state index contributed by atoms with van der Waals surface area (Å²) in [6, 6.07) is 7.99. The highest BCUT2D eigenvalue weighted by molar-refractivity contribution is 7.99. The number of benzene rings is 1. The lowest BCUT2D eigenvalue weighted by molar-refractivity contribution is 0.0596. The van der Waals surface area contributed by atoms with Crippen LogP contribution in [-0.2, 0) is 0 Å². The Balaban J connectivity index is 1.83. The number of para-hydroxylation sites is 2. The second-order valence-corrected chi connectivity index (χ2v) is 5.80. The van der Waals surface area contributed by atoms with Crippen molar-refractivity contribution in [1.82, 2.24) is 9.97 Å². The molecule has 4 nitrogen and oxygen atoms in total. The Morgan fingerprint density at radius 2 is 2.22 bits per heavy atom. The molecule has 1 aromatic carbocycles. The van der Waals surface area contributed by atoms with Gasteiger partial charge in [0, 0.05) is 12.3 Å². The van der Waals surface area contributed by atoms with Gasteiger partial charge in [-0.15, -0.1) is 0 Å². The molecule has 0 aliphatic carbocycles. The van der Waals surface area contributed by atoms with Crippen LogP contribution in [0.2, 0.25) is 0 Å². The number of nitrogens with two attached hydrogens (primary N) is 1. The zero-order valence-corrected chi connectivity index (χ0v) is 11.3. The number of fused-ring (bicyclic) bond motifs is 1. The number of hydrogen-bond donors (Lipinski definition) is 3. The van der Waals surface area contributed by atoms with Crippen molar-refractivity contribution in [3.63, 3.8) is 0 Å². The van der Waals surface area contributed by atoms with Crippen LogP contribution in [0.1, 0.15) is 19.8 Å². The fourth-order valence-electron chi connectivity index (χ4n) is 1.72. The zero-order valence-electron chi connectivity index (χ0n) is 10.5. The van der Waals surface area contributed by atoms with Crippen LogP contribution in [0.5, 0.6) is 0 Å². The van der Waals surface area contributed by atoms with Crippen LogP contribution >= 0.6 is 11.8 Å². The van der Waals surface area contributed by atoms with E-state index in [9.17, 15) is 5.11 Å². The molecule has 1 unspecified atom stereocenters. The molecule has 0 aliphatic rings. The van der Waals surface area contributed by atoms with Gasteiger partial charge >= 0.3 is 0 Å². The van der Waals surface area contributed by atoms with Gasteiger partial charge < -0.3 is 15.8 Å². The van der Waals surface area contributed by atoms with Gasteiger partial charge in [0.25, 0.3) is 0 Å². The third-order valence-corrected chi connectivity index (χ3v) is 3.87. The number of hydrogen-bond acceptors (Lipinski definition) is 4. The van der Waals surface area contributed by atoms with Crippen LogP contribution in [-0.4, -0.2) is 33.0 Å². The predicted molar refractivity (Wildman–Crippen MR) is 75.7 cm³/mol. The molecule has 1 atom stereocenters. The van der Waals surface area contributed by atoms with Crippen molar-refractivity contribution in [2.45, 2.75) is 30.5 Å². The lowest BCUT2D eigenvalue weighted by atomic mass is 10.0. The van der Waals surface area contributed by atoms with Crippen LogP contribution in [0, 0.1) is 0 Å². The van der Waals surface area contributed by atoms with Crippen molar-refractivity contribution in [3.8, 4) is 0 Å². The van der Waals surface area contributed by atoms with Crippen LogP contribution in [0.25, 0.3) is 11.0 Å². The fourth-order valence-corrected chi connectivity index (χ4v) is 2.55. The van der Waals surface area contributed by atoms with Gasteiger partial charge in [0.2, 0.25) is 0 Å². The summed E-state index contributed by atoms with van der Waals surface area (Å²) in [4.78, 5) is 7.76. The number of aromatic nitrogens is 2. The normalized spacial score (nSPS) is 14.8. The lowest BCUT2D eigenvalue weighted by Gasteiger charge is -2.20. The number of aliphatic hydroxyl groups is 1. The summed E-state index contributed by atoms with van der Waals surface area (Å²) in [5.41, 5.74) is 6.79. The molecule has 1 heterocycles. The molecule has 2 rings (SSSR count). The highest BCUT2D eigenvalue weighted by Gasteiger charge is 2.16. The molecular formula is C13H19N3OS.